The summed E-state index contributed by atoms with van der Waals surface area (Å²) in [6, 6.07) is 11.7. The van der Waals surface area contributed by atoms with Gasteiger partial charge < -0.3 is 14.4 Å². The van der Waals surface area contributed by atoms with E-state index in [9.17, 15) is 18.0 Å². The topological polar surface area (TPSA) is 62.6 Å². The lowest BCUT2D eigenvalue weighted by atomic mass is 9.89. The second-order valence-electron chi connectivity index (χ2n) is 8.22. The molecule has 1 aliphatic rings. The fourth-order valence-electron chi connectivity index (χ4n) is 3.77. The zero-order chi connectivity index (χ0) is 23.0. The molecule has 0 aromatic heterocycles. The summed E-state index contributed by atoms with van der Waals surface area (Å²) in [4.78, 5) is 14.9. The van der Waals surface area contributed by atoms with Gasteiger partial charge in [-0.3, -0.25) is 4.79 Å². The number of alkyl halides is 3. The number of methoxy groups -OCH3 is 1. The molecule has 5 nitrogen and oxygen atoms in total. The fourth-order valence-corrected chi connectivity index (χ4v) is 3.77. The largest absolute Gasteiger partial charge is 0.497 e. The summed E-state index contributed by atoms with van der Waals surface area (Å²) in [5, 5.41) is 8.96. The van der Waals surface area contributed by atoms with Crippen molar-refractivity contribution >= 4 is 5.91 Å². The molecule has 1 saturated heterocycles. The predicted molar refractivity (Wildman–Crippen MR) is 107 cm³/mol. The van der Waals surface area contributed by atoms with E-state index in [4.69, 9.17) is 14.7 Å². The van der Waals surface area contributed by atoms with Gasteiger partial charge in [-0.1, -0.05) is 26.0 Å². The molecule has 0 saturated carbocycles. The van der Waals surface area contributed by atoms with Crippen LogP contribution in [0.5, 0.6) is 11.5 Å². The number of nitrogens with zero attached hydrogens (tertiary/aromatic N) is 2. The maximum Gasteiger partial charge on any atom is 0.417 e. The number of carbonyl (C=O) groups excluding carboxylic acids is 1. The second kappa shape index (κ2) is 8.14. The van der Waals surface area contributed by atoms with Gasteiger partial charge in [0.15, 0.2) is 6.10 Å². The molecule has 8 heteroatoms. The molecule has 31 heavy (non-hydrogen) atoms. The number of benzene rings is 2. The zero-order valence-corrected chi connectivity index (χ0v) is 17.7. The van der Waals surface area contributed by atoms with E-state index in [-0.39, 0.29) is 17.7 Å². The average molecular weight is 432 g/mol. The number of ether oxygens (including phenoxy) is 2. The van der Waals surface area contributed by atoms with Crippen LogP contribution >= 0.6 is 0 Å². The van der Waals surface area contributed by atoms with Gasteiger partial charge in [0, 0.05) is 12.0 Å². The summed E-state index contributed by atoms with van der Waals surface area (Å²) in [6.07, 6.45) is -5.67. The van der Waals surface area contributed by atoms with E-state index in [2.05, 4.69) is 0 Å². The van der Waals surface area contributed by atoms with Gasteiger partial charge in [-0.25, -0.2) is 0 Å². The number of hydrogen-bond acceptors (Lipinski definition) is 4. The highest BCUT2D eigenvalue weighted by atomic mass is 19.4. The highest BCUT2D eigenvalue weighted by Gasteiger charge is 2.49. The molecule has 2 atom stereocenters. The van der Waals surface area contributed by atoms with Crippen molar-refractivity contribution < 1.29 is 27.4 Å². The third-order valence-electron chi connectivity index (χ3n) is 5.51. The van der Waals surface area contributed by atoms with Crippen molar-refractivity contribution in [2.75, 3.05) is 13.7 Å². The van der Waals surface area contributed by atoms with E-state index in [0.717, 1.165) is 17.7 Å². The first-order chi connectivity index (χ1) is 14.5. The molecule has 0 aliphatic carbocycles. The second-order valence-corrected chi connectivity index (χ2v) is 8.22. The minimum Gasteiger partial charge on any atom is -0.497 e. The van der Waals surface area contributed by atoms with Crippen molar-refractivity contribution in [3.63, 3.8) is 0 Å². The zero-order valence-electron chi connectivity index (χ0n) is 17.7. The molecule has 2 aromatic carbocycles. The Morgan fingerprint density at radius 2 is 1.90 bits per heavy atom. The summed E-state index contributed by atoms with van der Waals surface area (Å²) in [5.74, 6) is 0.257. The number of carbonyl (C=O) groups is 1. The molecular formula is C23H23F3N2O3. The van der Waals surface area contributed by atoms with Gasteiger partial charge in [0.05, 0.1) is 30.3 Å². The van der Waals surface area contributed by atoms with Crippen molar-refractivity contribution in [1.29, 1.82) is 5.26 Å². The van der Waals surface area contributed by atoms with Crippen LogP contribution < -0.4 is 9.47 Å². The molecule has 0 bridgehead atoms. The van der Waals surface area contributed by atoms with Crippen molar-refractivity contribution in [3.8, 4) is 17.6 Å². The van der Waals surface area contributed by atoms with E-state index in [0.29, 0.717) is 12.3 Å². The average Bonchev–Trinajstić information content (AvgIpc) is 2.96. The summed E-state index contributed by atoms with van der Waals surface area (Å²) in [6.45, 7) is 5.93. The number of hydrogen-bond donors (Lipinski definition) is 0. The summed E-state index contributed by atoms with van der Waals surface area (Å²) in [7, 11) is 1.56. The number of nitriles is 1. The number of likely N-dealkylation sites (tertiary alicyclic amines) is 1. The molecule has 0 spiro atoms. The smallest absolute Gasteiger partial charge is 0.417 e. The molecular weight excluding hydrogens is 409 g/mol. The standard InChI is InChI=1S/C23H23F3N2O3/c1-14(15-6-5-7-17(10-15)30-4)28-13-22(2,3)20(21(28)29)31-18-9-8-16(12-27)19(11-18)23(24,25)26/h5-11,14,20H,13H2,1-4H3/t14-,20+/m0/s1. The predicted octanol–water partition coefficient (Wildman–Crippen LogP) is 4.96. The molecule has 3 rings (SSSR count). The molecule has 0 unspecified atom stereocenters. The summed E-state index contributed by atoms with van der Waals surface area (Å²) >= 11 is 0. The van der Waals surface area contributed by atoms with Gasteiger partial charge in [-0.15, -0.1) is 0 Å². The van der Waals surface area contributed by atoms with Crippen molar-refractivity contribution in [2.45, 2.75) is 39.1 Å². The Kier molecular flexibility index (Phi) is 5.90. The van der Waals surface area contributed by atoms with Gasteiger partial charge in [0.25, 0.3) is 5.91 Å². The van der Waals surface area contributed by atoms with Gasteiger partial charge >= 0.3 is 6.18 Å². The van der Waals surface area contributed by atoms with Crippen molar-refractivity contribution in [3.05, 3.63) is 59.2 Å². The molecule has 0 radical (unpaired) electrons. The lowest BCUT2D eigenvalue weighted by Gasteiger charge is -2.26. The Bertz CT molecular complexity index is 1030. The first-order valence-corrected chi connectivity index (χ1v) is 9.70. The molecule has 0 N–H and O–H groups in total. The molecule has 1 aliphatic heterocycles. The first kappa shape index (κ1) is 22.5. The third kappa shape index (κ3) is 4.46. The van der Waals surface area contributed by atoms with E-state index in [1.807, 2.05) is 39.0 Å². The molecule has 1 heterocycles. The van der Waals surface area contributed by atoms with Crippen molar-refractivity contribution in [1.82, 2.24) is 4.90 Å². The number of halogens is 3. The molecule has 164 valence electrons. The molecule has 1 amide bonds. The third-order valence-corrected chi connectivity index (χ3v) is 5.51. The summed E-state index contributed by atoms with van der Waals surface area (Å²) < 4.78 is 50.9. The fraction of sp³-hybridized carbons (Fsp3) is 0.391. The SMILES string of the molecule is COc1cccc([C@H](C)N2CC(C)(C)[C@H](Oc3ccc(C#N)c(C(F)(F)F)c3)C2=O)c1. The van der Waals surface area contributed by atoms with E-state index < -0.39 is 28.8 Å². The van der Waals surface area contributed by atoms with Crippen LogP contribution in [0, 0.1) is 16.7 Å². The monoisotopic (exact) mass is 432 g/mol. The van der Waals surface area contributed by atoms with Crippen LogP contribution in [0.4, 0.5) is 13.2 Å². The Hall–Kier alpha value is -3.21. The maximum absolute atomic E-state index is 13.3. The van der Waals surface area contributed by atoms with E-state index in [1.54, 1.807) is 18.1 Å². The quantitative estimate of drug-likeness (QED) is 0.670. The van der Waals surface area contributed by atoms with Crippen LogP contribution in [0.3, 0.4) is 0 Å². The van der Waals surface area contributed by atoms with Crippen molar-refractivity contribution in [2.24, 2.45) is 5.41 Å². The Labute approximate surface area is 179 Å². The minimum absolute atomic E-state index is 0.103. The molecule has 2 aromatic rings. The van der Waals surface area contributed by atoms with E-state index >= 15 is 0 Å². The van der Waals surface area contributed by atoms with Gasteiger partial charge in [0.1, 0.15) is 11.5 Å². The Morgan fingerprint density at radius 3 is 2.52 bits per heavy atom. The number of rotatable bonds is 5. The van der Waals surface area contributed by atoms with Crippen LogP contribution in [0.25, 0.3) is 0 Å². The Morgan fingerprint density at radius 1 is 1.19 bits per heavy atom. The van der Waals surface area contributed by atoms with Crippen LogP contribution in [-0.4, -0.2) is 30.6 Å². The minimum atomic E-state index is -4.70. The van der Waals surface area contributed by atoms with Gasteiger partial charge in [-0.05, 0) is 42.8 Å². The van der Waals surface area contributed by atoms with Crippen LogP contribution in [-0.2, 0) is 11.0 Å². The van der Waals surface area contributed by atoms with Gasteiger partial charge in [-0.2, -0.15) is 18.4 Å². The van der Waals surface area contributed by atoms with Gasteiger partial charge in [0.2, 0.25) is 0 Å². The normalized spacial score (nSPS) is 19.1. The van der Waals surface area contributed by atoms with Crippen LogP contribution in [0.1, 0.15) is 43.5 Å². The number of amides is 1. The highest BCUT2D eigenvalue weighted by Crippen LogP contribution is 2.40. The lowest BCUT2D eigenvalue weighted by molar-refractivity contribution is -0.138. The lowest BCUT2D eigenvalue weighted by Crippen LogP contribution is -2.37. The molecule has 1 fully saturated rings. The Balaban J connectivity index is 1.88. The maximum atomic E-state index is 13.3. The first-order valence-electron chi connectivity index (χ1n) is 9.70. The highest BCUT2D eigenvalue weighted by molar-refractivity contribution is 5.85. The van der Waals surface area contributed by atoms with Crippen LogP contribution in [0.2, 0.25) is 0 Å². The van der Waals surface area contributed by atoms with E-state index in [1.165, 1.54) is 12.1 Å². The summed E-state index contributed by atoms with van der Waals surface area (Å²) in [5.41, 5.74) is -1.35. The van der Waals surface area contributed by atoms with Crippen LogP contribution in [0.15, 0.2) is 42.5 Å².